The number of benzene rings is 2. The highest BCUT2D eigenvalue weighted by Gasteiger charge is 2.16. The Morgan fingerprint density at radius 1 is 1.15 bits per heavy atom. The van der Waals surface area contributed by atoms with Crippen LogP contribution < -0.4 is 14.8 Å². The number of anilines is 1. The van der Waals surface area contributed by atoms with Gasteiger partial charge in [-0.2, -0.15) is 0 Å². The number of aliphatic hydroxyl groups excluding tert-OH is 1. The summed E-state index contributed by atoms with van der Waals surface area (Å²) in [6, 6.07) is 8.05. The molecule has 2 rings (SSSR count). The molecule has 0 atom stereocenters. The number of hydrogen-bond donors (Lipinski definition) is 2. The molecule has 0 radical (unpaired) electrons. The fraction of sp³-hybridized carbons (Fsp3) is 0.111. The monoisotopic (exact) mass is 379 g/mol. The highest BCUT2D eigenvalue weighted by atomic mass is 35.5. The van der Waals surface area contributed by atoms with Gasteiger partial charge in [0.15, 0.2) is 11.5 Å². The first-order chi connectivity index (χ1) is 12.3. The number of carbonyl (C=O) groups excluding carboxylic acids is 2. The van der Waals surface area contributed by atoms with Crippen LogP contribution in [0.3, 0.4) is 0 Å². The zero-order valence-corrected chi connectivity index (χ0v) is 14.6. The van der Waals surface area contributed by atoms with Crippen molar-refractivity contribution in [3.8, 4) is 11.5 Å². The zero-order chi connectivity index (χ0) is 19.3. The van der Waals surface area contributed by atoms with Crippen molar-refractivity contribution in [2.45, 2.75) is 0 Å². The van der Waals surface area contributed by atoms with E-state index in [1.165, 1.54) is 38.5 Å². The standard InChI is InChI=1S/C18H15ClFNO5/c1-25-11-4-6-17(26-2)12(8-11)15(22)9-16(23)18(24)21-10-3-5-14(20)13(19)7-10/h3-9,23H,1-2H3,(H,21,24)/b16-9-. The topological polar surface area (TPSA) is 84.9 Å². The normalized spacial score (nSPS) is 11.0. The van der Waals surface area contributed by atoms with Crippen LogP contribution in [0.4, 0.5) is 10.1 Å². The Bertz CT molecular complexity index is 882. The Morgan fingerprint density at radius 2 is 1.88 bits per heavy atom. The molecule has 8 heteroatoms. The van der Waals surface area contributed by atoms with Crippen molar-refractivity contribution < 1.29 is 28.6 Å². The fourth-order valence-electron chi connectivity index (χ4n) is 2.04. The molecule has 136 valence electrons. The van der Waals surface area contributed by atoms with E-state index in [0.717, 1.165) is 12.1 Å². The summed E-state index contributed by atoms with van der Waals surface area (Å²) in [5.41, 5.74) is 0.267. The van der Waals surface area contributed by atoms with E-state index < -0.39 is 23.3 Å². The molecule has 0 aliphatic heterocycles. The number of allylic oxidation sites excluding steroid dienone is 1. The summed E-state index contributed by atoms with van der Waals surface area (Å²) < 4.78 is 23.2. The van der Waals surface area contributed by atoms with Crippen molar-refractivity contribution in [2.24, 2.45) is 0 Å². The van der Waals surface area contributed by atoms with Gasteiger partial charge in [-0.25, -0.2) is 4.39 Å². The van der Waals surface area contributed by atoms with E-state index >= 15 is 0 Å². The Kier molecular flexibility index (Phi) is 6.19. The molecule has 0 spiro atoms. The molecule has 0 fully saturated rings. The molecular weight excluding hydrogens is 365 g/mol. The molecule has 6 nitrogen and oxygen atoms in total. The number of methoxy groups -OCH3 is 2. The predicted octanol–water partition coefficient (Wildman–Crippen LogP) is 3.76. The van der Waals surface area contributed by atoms with Gasteiger partial charge >= 0.3 is 0 Å². The third-order valence-corrected chi connectivity index (χ3v) is 3.64. The van der Waals surface area contributed by atoms with Crippen molar-refractivity contribution in [3.05, 3.63) is 64.6 Å². The van der Waals surface area contributed by atoms with E-state index in [-0.39, 0.29) is 22.0 Å². The first kappa shape index (κ1) is 19.3. The SMILES string of the molecule is COc1ccc(OC)c(C(=O)/C=C(\O)C(=O)Nc2ccc(F)c(Cl)c2)c1. The van der Waals surface area contributed by atoms with Crippen molar-refractivity contribution in [1.29, 1.82) is 0 Å². The molecule has 0 heterocycles. The molecule has 2 aromatic carbocycles. The summed E-state index contributed by atoms with van der Waals surface area (Å²) in [6.07, 6.45) is 0.748. The largest absolute Gasteiger partial charge is 0.503 e. The van der Waals surface area contributed by atoms with E-state index in [1.807, 2.05) is 0 Å². The van der Waals surface area contributed by atoms with Gasteiger partial charge in [-0.05, 0) is 36.4 Å². The van der Waals surface area contributed by atoms with Crippen molar-refractivity contribution in [1.82, 2.24) is 0 Å². The minimum atomic E-state index is -0.956. The van der Waals surface area contributed by atoms with Gasteiger partial charge in [-0.15, -0.1) is 0 Å². The van der Waals surface area contributed by atoms with Crippen LogP contribution in [0.1, 0.15) is 10.4 Å². The maximum Gasteiger partial charge on any atom is 0.290 e. The first-order valence-corrected chi connectivity index (χ1v) is 7.67. The van der Waals surface area contributed by atoms with E-state index in [2.05, 4.69) is 5.32 Å². The third-order valence-electron chi connectivity index (χ3n) is 3.35. The second-order valence-corrected chi connectivity index (χ2v) is 5.45. The lowest BCUT2D eigenvalue weighted by atomic mass is 10.1. The summed E-state index contributed by atoms with van der Waals surface area (Å²) in [5, 5.41) is 12.0. The summed E-state index contributed by atoms with van der Waals surface area (Å²) in [5.74, 6) is -2.43. The first-order valence-electron chi connectivity index (χ1n) is 7.29. The summed E-state index contributed by atoms with van der Waals surface area (Å²) in [6.45, 7) is 0. The lowest BCUT2D eigenvalue weighted by Gasteiger charge is -2.08. The van der Waals surface area contributed by atoms with E-state index in [4.69, 9.17) is 21.1 Å². The number of ketones is 1. The molecule has 0 aliphatic rings. The summed E-state index contributed by atoms with van der Waals surface area (Å²) >= 11 is 5.62. The van der Waals surface area contributed by atoms with E-state index in [9.17, 15) is 19.1 Å². The van der Waals surface area contributed by atoms with Crippen LogP contribution >= 0.6 is 11.6 Å². The lowest BCUT2D eigenvalue weighted by molar-refractivity contribution is -0.115. The molecule has 0 saturated carbocycles. The quantitative estimate of drug-likeness (QED) is 0.453. The molecule has 0 aromatic heterocycles. The van der Waals surface area contributed by atoms with Crippen LogP contribution in [0, 0.1) is 5.82 Å². The second-order valence-electron chi connectivity index (χ2n) is 5.04. The fourth-order valence-corrected chi connectivity index (χ4v) is 2.22. The number of amides is 1. The number of ether oxygens (including phenoxy) is 2. The maximum atomic E-state index is 13.1. The van der Waals surface area contributed by atoms with Gasteiger partial charge in [0.2, 0.25) is 0 Å². The lowest BCUT2D eigenvalue weighted by Crippen LogP contribution is -2.15. The molecular formula is C18H15ClFNO5. The van der Waals surface area contributed by atoms with Crippen LogP contribution in [0.25, 0.3) is 0 Å². The van der Waals surface area contributed by atoms with Gasteiger partial charge in [-0.3, -0.25) is 9.59 Å². The highest BCUT2D eigenvalue weighted by molar-refractivity contribution is 6.31. The molecule has 0 aliphatic carbocycles. The van der Waals surface area contributed by atoms with Crippen LogP contribution in [-0.4, -0.2) is 31.0 Å². The van der Waals surface area contributed by atoms with Gasteiger partial charge in [0.1, 0.15) is 17.3 Å². The number of hydrogen-bond acceptors (Lipinski definition) is 5. The summed E-state index contributed by atoms with van der Waals surface area (Å²) in [7, 11) is 2.82. The average molecular weight is 380 g/mol. The second kappa shape index (κ2) is 8.35. The van der Waals surface area contributed by atoms with Crippen molar-refractivity contribution >= 4 is 29.0 Å². The van der Waals surface area contributed by atoms with Crippen molar-refractivity contribution in [2.75, 3.05) is 19.5 Å². The molecule has 0 bridgehead atoms. The highest BCUT2D eigenvalue weighted by Crippen LogP contribution is 2.25. The zero-order valence-electron chi connectivity index (χ0n) is 13.9. The Morgan fingerprint density at radius 3 is 2.50 bits per heavy atom. The number of nitrogens with one attached hydrogen (secondary N) is 1. The molecule has 1 amide bonds. The number of aliphatic hydroxyl groups is 1. The van der Waals surface area contributed by atoms with Crippen LogP contribution in [-0.2, 0) is 4.79 Å². The Labute approximate surface area is 153 Å². The number of carbonyl (C=O) groups is 2. The van der Waals surface area contributed by atoms with Gasteiger partial charge in [0.25, 0.3) is 5.91 Å². The Balaban J connectivity index is 2.21. The van der Waals surface area contributed by atoms with Crippen LogP contribution in [0.5, 0.6) is 11.5 Å². The molecule has 26 heavy (non-hydrogen) atoms. The predicted molar refractivity (Wildman–Crippen MR) is 94.6 cm³/mol. The molecule has 2 aromatic rings. The molecule has 0 saturated heterocycles. The van der Waals surface area contributed by atoms with Gasteiger partial charge in [0.05, 0.1) is 24.8 Å². The van der Waals surface area contributed by atoms with Crippen LogP contribution in [0.15, 0.2) is 48.2 Å². The van der Waals surface area contributed by atoms with Gasteiger partial charge in [0, 0.05) is 11.8 Å². The van der Waals surface area contributed by atoms with Gasteiger partial charge < -0.3 is 19.9 Å². The van der Waals surface area contributed by atoms with Gasteiger partial charge in [-0.1, -0.05) is 11.6 Å². The van der Waals surface area contributed by atoms with E-state index in [0.29, 0.717) is 5.75 Å². The van der Waals surface area contributed by atoms with E-state index in [1.54, 1.807) is 6.07 Å². The third kappa shape index (κ3) is 4.52. The van der Waals surface area contributed by atoms with Crippen LogP contribution in [0.2, 0.25) is 5.02 Å². The minimum Gasteiger partial charge on any atom is -0.503 e. The maximum absolute atomic E-state index is 13.1. The Hall–Kier alpha value is -3.06. The summed E-state index contributed by atoms with van der Waals surface area (Å²) in [4.78, 5) is 24.3. The average Bonchev–Trinajstić information content (AvgIpc) is 2.63. The van der Waals surface area contributed by atoms with Crippen molar-refractivity contribution in [3.63, 3.8) is 0 Å². The molecule has 0 unspecified atom stereocenters. The number of rotatable bonds is 6. The molecule has 2 N–H and O–H groups in total. The smallest absolute Gasteiger partial charge is 0.290 e. The minimum absolute atomic E-state index is 0.107. The number of halogens is 2.